The molecule has 1 aliphatic rings. The summed E-state index contributed by atoms with van der Waals surface area (Å²) in [5, 5.41) is 6.19. The van der Waals surface area contributed by atoms with Gasteiger partial charge in [-0.1, -0.05) is 90.1 Å². The van der Waals surface area contributed by atoms with E-state index in [2.05, 4.69) is 101 Å². The summed E-state index contributed by atoms with van der Waals surface area (Å²) in [6, 6.07) is 16.7. The van der Waals surface area contributed by atoms with E-state index < -0.39 is 24.1 Å². The van der Waals surface area contributed by atoms with E-state index in [1.54, 1.807) is 13.8 Å². The van der Waals surface area contributed by atoms with Crippen LogP contribution in [0.5, 0.6) is 0 Å². The fourth-order valence-corrected chi connectivity index (χ4v) is 5.43. The van der Waals surface area contributed by atoms with Crippen molar-refractivity contribution >= 4 is 18.0 Å². The van der Waals surface area contributed by atoms with Crippen LogP contribution in [0.3, 0.4) is 0 Å². The first kappa shape index (κ1) is 34.1. The summed E-state index contributed by atoms with van der Waals surface area (Å²) >= 11 is 0. The molecule has 1 fully saturated rings. The first-order valence-corrected chi connectivity index (χ1v) is 15.5. The van der Waals surface area contributed by atoms with Crippen LogP contribution < -0.4 is 10.6 Å². The van der Waals surface area contributed by atoms with E-state index in [1.165, 1.54) is 22.3 Å². The molecule has 3 atom stereocenters. The third kappa shape index (κ3) is 9.82. The minimum atomic E-state index is -1.00. The number of nitrogens with one attached hydrogen (secondary N) is 2. The molecular formula is C35H50N2O6. The molecule has 8 nitrogen and oxygen atoms in total. The van der Waals surface area contributed by atoms with Crippen LogP contribution in [-0.4, -0.2) is 56.0 Å². The summed E-state index contributed by atoms with van der Waals surface area (Å²) < 4.78 is 15.8. The molecule has 1 heterocycles. The van der Waals surface area contributed by atoms with Crippen molar-refractivity contribution in [3.63, 3.8) is 0 Å². The molecular weight excluding hydrogens is 544 g/mol. The molecule has 2 N–H and O–H groups in total. The number of benzene rings is 2. The number of rotatable bonds is 11. The van der Waals surface area contributed by atoms with E-state index in [9.17, 15) is 14.4 Å². The summed E-state index contributed by atoms with van der Waals surface area (Å²) in [5.41, 5.74) is 5.04. The zero-order valence-corrected chi connectivity index (χ0v) is 27.1. The van der Waals surface area contributed by atoms with Gasteiger partial charge in [-0.2, -0.15) is 0 Å². The maximum atomic E-state index is 12.9. The third-order valence-corrected chi connectivity index (χ3v) is 7.88. The summed E-state index contributed by atoms with van der Waals surface area (Å²) in [6.45, 7) is 17.5. The quantitative estimate of drug-likeness (QED) is 0.238. The van der Waals surface area contributed by atoms with Gasteiger partial charge in [0.05, 0.1) is 13.2 Å². The predicted molar refractivity (Wildman–Crippen MR) is 168 cm³/mol. The molecule has 2 aromatic carbocycles. The van der Waals surface area contributed by atoms with Crippen molar-refractivity contribution < 1.29 is 28.6 Å². The molecule has 0 saturated carbocycles. The van der Waals surface area contributed by atoms with Crippen LogP contribution in [-0.2, 0) is 34.6 Å². The van der Waals surface area contributed by atoms with Crippen LogP contribution in [0.4, 0.5) is 4.79 Å². The van der Waals surface area contributed by atoms with Crippen LogP contribution >= 0.6 is 0 Å². The molecule has 0 bridgehead atoms. The normalized spacial score (nSPS) is 17.8. The Morgan fingerprint density at radius 3 is 1.81 bits per heavy atom. The Balaban J connectivity index is 1.75. The van der Waals surface area contributed by atoms with Crippen molar-refractivity contribution in [1.82, 2.24) is 10.6 Å². The minimum Gasteiger partial charge on any atom is -0.466 e. The van der Waals surface area contributed by atoms with Gasteiger partial charge in [-0.25, -0.2) is 9.59 Å². The highest BCUT2D eigenvalue weighted by atomic mass is 16.6. The highest BCUT2D eigenvalue weighted by Crippen LogP contribution is 2.35. The second kappa shape index (κ2) is 14.9. The molecule has 236 valence electrons. The highest BCUT2D eigenvalue weighted by molar-refractivity contribution is 5.82. The van der Waals surface area contributed by atoms with E-state index >= 15 is 0 Å². The van der Waals surface area contributed by atoms with Crippen LogP contribution in [0.1, 0.15) is 103 Å². The van der Waals surface area contributed by atoms with Gasteiger partial charge in [0, 0.05) is 31.3 Å². The number of hydrogen-bond donors (Lipinski definition) is 2. The number of carbonyl (C=O) groups excluding carboxylic acids is 3. The lowest BCUT2D eigenvalue weighted by Gasteiger charge is -2.27. The lowest BCUT2D eigenvalue weighted by atomic mass is 9.80. The minimum absolute atomic E-state index is 0.0195. The fourth-order valence-electron chi connectivity index (χ4n) is 5.43. The Labute approximate surface area is 257 Å². The molecule has 0 aliphatic carbocycles. The molecule has 3 rings (SSSR count). The topological polar surface area (TPSA) is 103 Å². The van der Waals surface area contributed by atoms with Crippen molar-refractivity contribution in [1.29, 1.82) is 0 Å². The van der Waals surface area contributed by atoms with E-state index in [0.29, 0.717) is 13.0 Å². The predicted octanol–water partition coefficient (Wildman–Crippen LogP) is 6.15. The fraction of sp³-hybridized carbons (Fsp3) is 0.571. The maximum Gasteiger partial charge on any atom is 0.408 e. The average Bonchev–Trinajstić information content (AvgIpc) is 3.38. The van der Waals surface area contributed by atoms with E-state index in [4.69, 9.17) is 14.2 Å². The largest absolute Gasteiger partial charge is 0.466 e. The molecule has 1 aliphatic heterocycles. The van der Waals surface area contributed by atoms with Gasteiger partial charge in [-0.15, -0.1) is 0 Å². The Kier molecular flexibility index (Phi) is 11.8. The summed E-state index contributed by atoms with van der Waals surface area (Å²) in [6.07, 6.45) is -0.449. The SMILES string of the molecule is CCOC(=O)CCC(NC(=O)OC1CNC(C(c2ccc(C(C)(C)C)cc2)c2ccc(C(C)(C)C)cc2)C1)C(=O)OCC. The van der Waals surface area contributed by atoms with Gasteiger partial charge in [-0.05, 0) is 53.4 Å². The summed E-state index contributed by atoms with van der Waals surface area (Å²) in [4.78, 5) is 37.2. The number of ether oxygens (including phenoxy) is 3. The van der Waals surface area contributed by atoms with Crippen molar-refractivity contribution in [3.8, 4) is 0 Å². The van der Waals surface area contributed by atoms with Gasteiger partial charge in [0.2, 0.25) is 0 Å². The smallest absolute Gasteiger partial charge is 0.408 e. The summed E-state index contributed by atoms with van der Waals surface area (Å²) in [5.74, 6) is -0.993. The lowest BCUT2D eigenvalue weighted by molar-refractivity contribution is -0.147. The highest BCUT2D eigenvalue weighted by Gasteiger charge is 2.35. The molecule has 0 spiro atoms. The molecule has 0 radical (unpaired) electrons. The molecule has 2 aromatic rings. The second-order valence-electron chi connectivity index (χ2n) is 13.3. The van der Waals surface area contributed by atoms with Crippen LogP contribution in [0.15, 0.2) is 48.5 Å². The van der Waals surface area contributed by atoms with E-state index in [1.807, 2.05) is 0 Å². The van der Waals surface area contributed by atoms with Gasteiger partial charge < -0.3 is 24.8 Å². The lowest BCUT2D eigenvalue weighted by Crippen LogP contribution is -2.43. The number of alkyl carbamates (subject to hydrolysis) is 1. The molecule has 0 aromatic heterocycles. The van der Waals surface area contributed by atoms with E-state index in [-0.39, 0.29) is 54.9 Å². The van der Waals surface area contributed by atoms with Crippen molar-refractivity contribution in [2.75, 3.05) is 19.8 Å². The first-order chi connectivity index (χ1) is 20.2. The average molecular weight is 595 g/mol. The maximum absolute atomic E-state index is 12.9. The number of esters is 2. The third-order valence-electron chi connectivity index (χ3n) is 7.88. The molecule has 1 amide bonds. The number of amides is 1. The van der Waals surface area contributed by atoms with Crippen molar-refractivity contribution in [2.24, 2.45) is 0 Å². The van der Waals surface area contributed by atoms with Gasteiger partial charge in [0.25, 0.3) is 0 Å². The Bertz CT molecular complexity index is 1150. The van der Waals surface area contributed by atoms with Gasteiger partial charge in [0.15, 0.2) is 0 Å². The van der Waals surface area contributed by atoms with Crippen LogP contribution in [0, 0.1) is 0 Å². The van der Waals surface area contributed by atoms with Crippen molar-refractivity contribution in [3.05, 3.63) is 70.8 Å². The van der Waals surface area contributed by atoms with Crippen LogP contribution in [0.25, 0.3) is 0 Å². The Morgan fingerprint density at radius 2 is 1.35 bits per heavy atom. The summed E-state index contributed by atoms with van der Waals surface area (Å²) in [7, 11) is 0. The molecule has 8 heteroatoms. The van der Waals surface area contributed by atoms with Gasteiger partial charge >= 0.3 is 18.0 Å². The second-order valence-corrected chi connectivity index (χ2v) is 13.3. The van der Waals surface area contributed by atoms with Crippen LogP contribution in [0.2, 0.25) is 0 Å². The van der Waals surface area contributed by atoms with Crippen molar-refractivity contribution in [2.45, 2.75) is 110 Å². The molecule has 43 heavy (non-hydrogen) atoms. The Morgan fingerprint density at radius 1 is 0.837 bits per heavy atom. The molecule has 3 unspecified atom stereocenters. The number of hydrogen-bond acceptors (Lipinski definition) is 7. The number of carbonyl (C=O) groups is 3. The standard InChI is InChI=1S/C35H50N2O6/c1-9-41-30(38)20-19-28(32(39)42-10-2)37-33(40)43-27-21-29(36-22-27)31(23-11-15-25(16-12-23)34(3,4)5)24-13-17-26(18-14-24)35(6,7)8/h11-18,27-29,31,36H,9-10,19-22H2,1-8H3,(H,37,40). The van der Waals surface area contributed by atoms with E-state index in [0.717, 1.165) is 0 Å². The zero-order chi connectivity index (χ0) is 31.8. The van der Waals surface area contributed by atoms with Gasteiger partial charge in [0.1, 0.15) is 12.1 Å². The Hall–Kier alpha value is -3.39. The first-order valence-electron chi connectivity index (χ1n) is 15.5. The van der Waals surface area contributed by atoms with Gasteiger partial charge in [-0.3, -0.25) is 4.79 Å². The molecule has 1 saturated heterocycles. The zero-order valence-electron chi connectivity index (χ0n) is 27.1. The monoisotopic (exact) mass is 594 g/mol.